The first kappa shape index (κ1) is 11.8. The Balaban J connectivity index is 2.34. The molecule has 0 saturated carbocycles. The number of nitrogen functional groups attached to an aromatic ring is 1. The van der Waals surface area contributed by atoms with Crippen LogP contribution in [-0.4, -0.2) is 17.7 Å². The van der Waals surface area contributed by atoms with E-state index in [4.69, 9.17) is 11.0 Å². The first-order chi connectivity index (χ1) is 8.02. The molecule has 0 aromatic carbocycles. The van der Waals surface area contributed by atoms with Gasteiger partial charge in [0, 0.05) is 20.1 Å². The molecule has 0 bridgehead atoms. The molecule has 2 N–H and O–H groups in total. The Morgan fingerprint density at radius 2 is 1.94 bits per heavy atom. The molecule has 2 rings (SSSR count). The van der Waals surface area contributed by atoms with Gasteiger partial charge in [0.2, 0.25) is 0 Å². The molecule has 0 radical (unpaired) electrons. The third-order valence-corrected chi connectivity index (χ3v) is 3.51. The van der Waals surface area contributed by atoms with E-state index in [-0.39, 0.29) is 0 Å². The predicted octanol–water partition coefficient (Wildman–Crippen LogP) is 1.96. The lowest BCUT2D eigenvalue weighted by molar-refractivity contribution is 0.354. The molecule has 17 heavy (non-hydrogen) atoms. The quantitative estimate of drug-likeness (QED) is 0.805. The van der Waals surface area contributed by atoms with Gasteiger partial charge in [-0.1, -0.05) is 13.8 Å². The first-order valence-electron chi connectivity index (χ1n) is 6.13. The number of nitrogens with two attached hydrogens (primary N) is 1. The number of nitrogens with zero attached hydrogens (tertiary/aromatic N) is 3. The van der Waals surface area contributed by atoms with Gasteiger partial charge in [-0.15, -0.1) is 0 Å². The van der Waals surface area contributed by atoms with Crippen LogP contribution >= 0.6 is 0 Å². The van der Waals surface area contributed by atoms with Crippen LogP contribution in [0.3, 0.4) is 0 Å². The van der Waals surface area contributed by atoms with Gasteiger partial charge in [-0.3, -0.25) is 0 Å². The highest BCUT2D eigenvalue weighted by atomic mass is 15.3. The molecule has 2 atom stereocenters. The van der Waals surface area contributed by atoms with E-state index in [1.54, 1.807) is 6.07 Å². The number of hydrogen-bond acceptors (Lipinski definition) is 3. The monoisotopic (exact) mass is 232 g/mol. The van der Waals surface area contributed by atoms with Crippen molar-refractivity contribution in [1.82, 2.24) is 4.57 Å². The average Bonchev–Trinajstić information content (AvgIpc) is 2.52. The lowest BCUT2D eigenvalue weighted by Gasteiger charge is -2.37. The van der Waals surface area contributed by atoms with Gasteiger partial charge in [-0.2, -0.15) is 5.26 Å². The van der Waals surface area contributed by atoms with E-state index in [1.165, 1.54) is 6.42 Å². The van der Waals surface area contributed by atoms with E-state index < -0.39 is 0 Å². The zero-order valence-electron chi connectivity index (χ0n) is 10.8. The largest absolute Gasteiger partial charge is 0.396 e. The fourth-order valence-corrected chi connectivity index (χ4v) is 2.95. The number of piperidine rings is 1. The Morgan fingerprint density at radius 3 is 2.41 bits per heavy atom. The summed E-state index contributed by atoms with van der Waals surface area (Å²) >= 11 is 0. The van der Waals surface area contributed by atoms with Crippen molar-refractivity contribution in [2.24, 2.45) is 18.9 Å². The van der Waals surface area contributed by atoms with Crippen LogP contribution in [0.15, 0.2) is 6.07 Å². The third-order valence-electron chi connectivity index (χ3n) is 3.51. The van der Waals surface area contributed by atoms with Gasteiger partial charge in [-0.05, 0) is 24.3 Å². The molecule has 4 nitrogen and oxygen atoms in total. The van der Waals surface area contributed by atoms with Gasteiger partial charge in [0.25, 0.3) is 0 Å². The Hall–Kier alpha value is -1.63. The van der Waals surface area contributed by atoms with Crippen LogP contribution in [-0.2, 0) is 7.05 Å². The van der Waals surface area contributed by atoms with Crippen molar-refractivity contribution in [2.45, 2.75) is 20.3 Å². The van der Waals surface area contributed by atoms with E-state index in [0.29, 0.717) is 23.2 Å². The van der Waals surface area contributed by atoms with Gasteiger partial charge in [0.1, 0.15) is 17.6 Å². The number of hydrogen-bond donors (Lipinski definition) is 1. The second kappa shape index (κ2) is 4.33. The Morgan fingerprint density at radius 1 is 1.35 bits per heavy atom. The minimum atomic E-state index is 0.628. The summed E-state index contributed by atoms with van der Waals surface area (Å²) in [5, 5.41) is 9.01. The maximum absolute atomic E-state index is 9.01. The van der Waals surface area contributed by atoms with E-state index in [1.807, 2.05) is 11.6 Å². The molecule has 0 aliphatic carbocycles. The van der Waals surface area contributed by atoms with Crippen LogP contribution in [0.2, 0.25) is 0 Å². The molecule has 2 heterocycles. The van der Waals surface area contributed by atoms with Crippen LogP contribution in [0.4, 0.5) is 11.5 Å². The van der Waals surface area contributed by atoms with Crippen molar-refractivity contribution in [3.8, 4) is 6.07 Å². The number of rotatable bonds is 1. The van der Waals surface area contributed by atoms with E-state index in [2.05, 4.69) is 24.8 Å². The molecule has 1 aromatic heterocycles. The Bertz CT molecular complexity index is 445. The Kier molecular flexibility index (Phi) is 3.01. The molecule has 0 spiro atoms. The van der Waals surface area contributed by atoms with Crippen molar-refractivity contribution in [2.75, 3.05) is 23.7 Å². The molecular weight excluding hydrogens is 212 g/mol. The molecular formula is C13H20N4. The van der Waals surface area contributed by atoms with Crippen molar-refractivity contribution in [3.05, 3.63) is 11.8 Å². The molecule has 1 saturated heterocycles. The van der Waals surface area contributed by atoms with E-state index >= 15 is 0 Å². The van der Waals surface area contributed by atoms with Crippen molar-refractivity contribution < 1.29 is 0 Å². The van der Waals surface area contributed by atoms with Gasteiger partial charge in [0.15, 0.2) is 0 Å². The summed E-state index contributed by atoms with van der Waals surface area (Å²) in [5.41, 5.74) is 7.37. The molecule has 0 amide bonds. The standard InChI is InChI=1S/C13H20N4/c1-9-4-10(2)8-17(7-9)13-12(15)5-11(6-14)16(13)3/h5,9-10H,4,7-8,15H2,1-3H3/t9-,10+. The summed E-state index contributed by atoms with van der Waals surface area (Å²) < 4.78 is 1.90. The maximum atomic E-state index is 9.01. The summed E-state index contributed by atoms with van der Waals surface area (Å²) in [6.45, 7) is 6.59. The van der Waals surface area contributed by atoms with E-state index in [9.17, 15) is 0 Å². The SMILES string of the molecule is C[C@@H]1C[C@H](C)CN(c2c(N)cc(C#N)n2C)C1. The molecule has 1 aliphatic rings. The lowest BCUT2D eigenvalue weighted by Crippen LogP contribution is -2.40. The maximum Gasteiger partial charge on any atom is 0.133 e. The van der Waals surface area contributed by atoms with Gasteiger partial charge >= 0.3 is 0 Å². The normalized spacial score (nSPS) is 24.7. The highest BCUT2D eigenvalue weighted by molar-refractivity contribution is 5.67. The second-order valence-corrected chi connectivity index (χ2v) is 5.33. The average molecular weight is 232 g/mol. The van der Waals surface area contributed by atoms with Crippen molar-refractivity contribution in [1.29, 1.82) is 5.26 Å². The van der Waals surface area contributed by atoms with Crippen molar-refractivity contribution >= 4 is 11.5 Å². The fraction of sp³-hybridized carbons (Fsp3) is 0.615. The van der Waals surface area contributed by atoms with E-state index in [0.717, 1.165) is 18.9 Å². The molecule has 4 heteroatoms. The van der Waals surface area contributed by atoms with Crippen LogP contribution in [0, 0.1) is 23.2 Å². The highest BCUT2D eigenvalue weighted by Gasteiger charge is 2.25. The topological polar surface area (TPSA) is 58.0 Å². The van der Waals surface area contributed by atoms with Gasteiger partial charge in [0.05, 0.1) is 5.69 Å². The smallest absolute Gasteiger partial charge is 0.133 e. The predicted molar refractivity (Wildman–Crippen MR) is 69.7 cm³/mol. The summed E-state index contributed by atoms with van der Waals surface area (Å²) in [6, 6.07) is 3.94. The summed E-state index contributed by atoms with van der Waals surface area (Å²) in [4.78, 5) is 2.31. The lowest BCUT2D eigenvalue weighted by atomic mass is 9.92. The first-order valence-corrected chi connectivity index (χ1v) is 6.13. The summed E-state index contributed by atoms with van der Waals surface area (Å²) in [7, 11) is 1.91. The summed E-state index contributed by atoms with van der Waals surface area (Å²) in [5.74, 6) is 2.36. The molecule has 1 aromatic rings. The number of aromatic nitrogens is 1. The zero-order chi connectivity index (χ0) is 12.6. The minimum Gasteiger partial charge on any atom is -0.396 e. The Labute approximate surface area is 103 Å². The van der Waals surface area contributed by atoms with Crippen LogP contribution in [0.1, 0.15) is 26.0 Å². The zero-order valence-corrected chi connectivity index (χ0v) is 10.8. The van der Waals surface area contributed by atoms with Gasteiger partial charge < -0.3 is 15.2 Å². The molecule has 92 valence electrons. The van der Waals surface area contributed by atoms with Crippen LogP contribution < -0.4 is 10.6 Å². The number of nitriles is 1. The number of anilines is 2. The third kappa shape index (κ3) is 2.10. The minimum absolute atomic E-state index is 0.628. The molecule has 0 unspecified atom stereocenters. The van der Waals surface area contributed by atoms with Crippen LogP contribution in [0.25, 0.3) is 0 Å². The van der Waals surface area contributed by atoms with Crippen molar-refractivity contribution in [3.63, 3.8) is 0 Å². The fourth-order valence-electron chi connectivity index (χ4n) is 2.95. The van der Waals surface area contributed by atoms with Gasteiger partial charge in [-0.25, -0.2) is 0 Å². The molecule has 1 fully saturated rings. The summed E-state index contributed by atoms with van der Waals surface area (Å²) in [6.07, 6.45) is 1.27. The molecule has 1 aliphatic heterocycles. The second-order valence-electron chi connectivity index (χ2n) is 5.33. The van der Waals surface area contributed by atoms with Crippen LogP contribution in [0.5, 0.6) is 0 Å². The highest BCUT2D eigenvalue weighted by Crippen LogP contribution is 2.31.